The number of hydrogen-bond donors (Lipinski definition) is 0. The van der Waals surface area contributed by atoms with Gasteiger partial charge >= 0.3 is 7.12 Å². The molecule has 7 heteroatoms. The van der Waals surface area contributed by atoms with Crippen LogP contribution in [-0.4, -0.2) is 33.7 Å². The normalized spacial score (nSPS) is 17.1. The molecule has 2 heterocycles. The third kappa shape index (κ3) is 5.26. The van der Waals surface area contributed by atoms with Gasteiger partial charge < -0.3 is 14.0 Å². The van der Waals surface area contributed by atoms with Gasteiger partial charge in [-0.25, -0.2) is 0 Å². The van der Waals surface area contributed by atoms with Gasteiger partial charge in [0.15, 0.2) is 0 Å². The molecule has 4 rings (SSSR count). The molecule has 3 aromatic rings. The molecule has 1 aromatic heterocycles. The molecule has 0 saturated carbocycles. The van der Waals surface area contributed by atoms with Crippen LogP contribution in [0.1, 0.15) is 73.1 Å². The van der Waals surface area contributed by atoms with E-state index < -0.39 is 18.3 Å². The monoisotopic (exact) mass is 466 g/mol. The van der Waals surface area contributed by atoms with E-state index in [0.717, 1.165) is 46.4 Å². The molecular formula is C26H35BN2O3S. The van der Waals surface area contributed by atoms with Crippen molar-refractivity contribution in [2.24, 2.45) is 0 Å². The molecule has 0 amide bonds. The van der Waals surface area contributed by atoms with Gasteiger partial charge in [0.2, 0.25) is 0 Å². The Balaban J connectivity index is 1.44. The smallest absolute Gasteiger partial charge is 0.494 e. The van der Waals surface area contributed by atoms with Gasteiger partial charge in [-0.2, -0.15) is 8.75 Å². The molecule has 0 radical (unpaired) electrons. The third-order valence-corrected chi connectivity index (χ3v) is 7.41. The van der Waals surface area contributed by atoms with Gasteiger partial charge in [-0.05, 0) is 51.8 Å². The number of benzene rings is 2. The van der Waals surface area contributed by atoms with E-state index in [1.54, 1.807) is 0 Å². The first-order chi connectivity index (χ1) is 15.8. The standard InChI is InChI=1S/C26H35BN2O3S/c1-6-7-8-9-10-11-18-30-20-14-12-19(13-15-20)21-16-17-22(24-23(21)28-33-29-24)27-31-25(2,3)26(4,5)32-27/h12-17H,6-11,18H2,1-5H3. The second-order valence-corrected chi connectivity index (χ2v) is 10.4. The molecule has 1 aliphatic heterocycles. The van der Waals surface area contributed by atoms with E-state index in [1.807, 2.05) is 12.1 Å². The largest absolute Gasteiger partial charge is 0.497 e. The van der Waals surface area contributed by atoms with Crippen molar-refractivity contribution in [1.82, 2.24) is 8.75 Å². The van der Waals surface area contributed by atoms with E-state index in [0.29, 0.717) is 0 Å². The van der Waals surface area contributed by atoms with Crippen LogP contribution in [0.15, 0.2) is 36.4 Å². The number of aromatic nitrogens is 2. The molecule has 1 aliphatic rings. The lowest BCUT2D eigenvalue weighted by molar-refractivity contribution is 0.00578. The lowest BCUT2D eigenvalue weighted by atomic mass is 9.77. The summed E-state index contributed by atoms with van der Waals surface area (Å²) in [5, 5.41) is 0. The molecule has 0 spiro atoms. The van der Waals surface area contributed by atoms with Crippen LogP contribution < -0.4 is 10.2 Å². The molecule has 0 unspecified atom stereocenters. The second kappa shape index (κ2) is 10.1. The van der Waals surface area contributed by atoms with Crippen LogP contribution in [0.25, 0.3) is 22.2 Å². The first-order valence-corrected chi connectivity index (χ1v) is 12.9. The van der Waals surface area contributed by atoms with E-state index in [1.165, 1.54) is 43.8 Å². The highest BCUT2D eigenvalue weighted by Gasteiger charge is 2.52. The molecule has 5 nitrogen and oxygen atoms in total. The second-order valence-electron chi connectivity index (χ2n) is 9.89. The maximum absolute atomic E-state index is 6.26. The first kappa shape index (κ1) is 24.2. The summed E-state index contributed by atoms with van der Waals surface area (Å²) in [5.74, 6) is 0.911. The van der Waals surface area contributed by atoms with Crippen molar-refractivity contribution < 1.29 is 14.0 Å². The highest BCUT2D eigenvalue weighted by Crippen LogP contribution is 2.37. The van der Waals surface area contributed by atoms with Gasteiger partial charge in [-0.3, -0.25) is 0 Å². The van der Waals surface area contributed by atoms with Gasteiger partial charge in [0.1, 0.15) is 16.8 Å². The van der Waals surface area contributed by atoms with Crippen LogP contribution in [0, 0.1) is 0 Å². The quantitative estimate of drug-likeness (QED) is 0.256. The fourth-order valence-electron chi connectivity index (χ4n) is 4.08. The average molecular weight is 466 g/mol. The highest BCUT2D eigenvalue weighted by atomic mass is 32.1. The lowest BCUT2D eigenvalue weighted by Crippen LogP contribution is -2.41. The van der Waals surface area contributed by atoms with Crippen LogP contribution >= 0.6 is 11.7 Å². The maximum Gasteiger partial charge on any atom is 0.497 e. The van der Waals surface area contributed by atoms with Crippen molar-refractivity contribution in [3.8, 4) is 16.9 Å². The maximum atomic E-state index is 6.26. The number of fused-ring (bicyclic) bond motifs is 1. The SMILES string of the molecule is CCCCCCCCOc1ccc(-c2ccc(B3OC(C)(C)C(C)(C)O3)c3nsnc23)cc1. The molecule has 33 heavy (non-hydrogen) atoms. The Hall–Kier alpha value is -1.96. The predicted molar refractivity (Wildman–Crippen MR) is 137 cm³/mol. The number of nitrogens with zero attached hydrogens (tertiary/aromatic N) is 2. The fourth-order valence-corrected chi connectivity index (χ4v) is 4.66. The minimum absolute atomic E-state index is 0.391. The van der Waals surface area contributed by atoms with Crippen LogP contribution in [0.4, 0.5) is 0 Å². The van der Waals surface area contributed by atoms with Crippen LogP contribution in [0.2, 0.25) is 0 Å². The summed E-state index contributed by atoms with van der Waals surface area (Å²) in [4.78, 5) is 0. The van der Waals surface area contributed by atoms with Crippen molar-refractivity contribution in [3.63, 3.8) is 0 Å². The number of hydrogen-bond acceptors (Lipinski definition) is 6. The van der Waals surface area contributed by atoms with E-state index in [9.17, 15) is 0 Å². The van der Waals surface area contributed by atoms with Crippen molar-refractivity contribution in [2.75, 3.05) is 6.61 Å². The topological polar surface area (TPSA) is 53.5 Å². The van der Waals surface area contributed by atoms with E-state index in [-0.39, 0.29) is 0 Å². The molecule has 1 saturated heterocycles. The average Bonchev–Trinajstić information content (AvgIpc) is 3.35. The molecule has 2 aromatic carbocycles. The van der Waals surface area contributed by atoms with Crippen molar-refractivity contribution in [2.45, 2.75) is 84.3 Å². The molecule has 0 bridgehead atoms. The van der Waals surface area contributed by atoms with E-state index in [4.69, 9.17) is 14.0 Å². The highest BCUT2D eigenvalue weighted by molar-refractivity contribution is 7.00. The van der Waals surface area contributed by atoms with Crippen molar-refractivity contribution >= 4 is 35.3 Å². The van der Waals surface area contributed by atoms with Crippen LogP contribution in [0.5, 0.6) is 5.75 Å². The summed E-state index contributed by atoms with van der Waals surface area (Å²) in [7, 11) is -0.451. The summed E-state index contributed by atoms with van der Waals surface area (Å²) in [6.07, 6.45) is 7.60. The summed E-state index contributed by atoms with van der Waals surface area (Å²) in [6.45, 7) is 11.3. The molecule has 0 aliphatic carbocycles. The first-order valence-electron chi connectivity index (χ1n) is 12.2. The Bertz CT molecular complexity index is 1050. The summed E-state index contributed by atoms with van der Waals surface area (Å²) >= 11 is 1.22. The van der Waals surface area contributed by atoms with Gasteiger partial charge in [0.05, 0.1) is 29.5 Å². The third-order valence-electron chi connectivity index (χ3n) is 6.89. The lowest BCUT2D eigenvalue weighted by Gasteiger charge is -2.32. The molecule has 176 valence electrons. The minimum atomic E-state index is -0.451. The van der Waals surface area contributed by atoms with E-state index in [2.05, 4.69) is 67.6 Å². The number of ether oxygens (including phenoxy) is 1. The van der Waals surface area contributed by atoms with Crippen LogP contribution in [-0.2, 0) is 9.31 Å². The zero-order valence-electron chi connectivity index (χ0n) is 20.5. The summed E-state index contributed by atoms with van der Waals surface area (Å²) in [6, 6.07) is 12.4. The minimum Gasteiger partial charge on any atom is -0.494 e. The van der Waals surface area contributed by atoms with Gasteiger partial charge in [-0.1, -0.05) is 63.3 Å². The van der Waals surface area contributed by atoms with Gasteiger partial charge in [0, 0.05) is 11.0 Å². The van der Waals surface area contributed by atoms with E-state index >= 15 is 0 Å². The Morgan fingerprint density at radius 2 is 1.45 bits per heavy atom. The van der Waals surface area contributed by atoms with Crippen LogP contribution in [0.3, 0.4) is 0 Å². The molecular weight excluding hydrogens is 431 g/mol. The summed E-state index contributed by atoms with van der Waals surface area (Å²) in [5.41, 5.74) is 4.03. The zero-order valence-corrected chi connectivity index (χ0v) is 21.3. The Kier molecular flexibility index (Phi) is 7.41. The van der Waals surface area contributed by atoms with Crippen molar-refractivity contribution in [1.29, 1.82) is 0 Å². The van der Waals surface area contributed by atoms with Crippen molar-refractivity contribution in [3.05, 3.63) is 36.4 Å². The Labute approximate surface area is 202 Å². The molecule has 1 fully saturated rings. The Morgan fingerprint density at radius 1 is 0.818 bits per heavy atom. The van der Waals surface area contributed by atoms with Gasteiger partial charge in [-0.15, -0.1) is 0 Å². The molecule has 0 N–H and O–H groups in total. The predicted octanol–water partition coefficient (Wildman–Crippen LogP) is 6.40. The zero-order chi connectivity index (χ0) is 23.5. The fraction of sp³-hybridized carbons (Fsp3) is 0.538. The van der Waals surface area contributed by atoms with Gasteiger partial charge in [0.25, 0.3) is 0 Å². The Morgan fingerprint density at radius 3 is 2.15 bits per heavy atom. The summed E-state index contributed by atoms with van der Waals surface area (Å²) < 4.78 is 27.7. The molecule has 0 atom stereocenters. The number of unbranched alkanes of at least 4 members (excludes halogenated alkanes) is 5. The number of rotatable bonds is 10.